The van der Waals surface area contributed by atoms with Gasteiger partial charge in [0.25, 0.3) is 0 Å². The van der Waals surface area contributed by atoms with E-state index < -0.39 is 75.2 Å². The molecule has 5 fully saturated rings. The molecule has 0 aromatic carbocycles. The van der Waals surface area contributed by atoms with E-state index in [2.05, 4.69) is 20.3 Å². The third-order valence-electron chi connectivity index (χ3n) is 9.07. The number of nitrogens with two attached hydrogens (primary N) is 1. The number of carbonyl (C=O) groups is 1. The van der Waals surface area contributed by atoms with E-state index >= 15 is 0 Å². The number of imidazole rings is 1. The molecule has 4 bridgehead atoms. The molecular formula is C23H33ClN6O11P2. The monoisotopic (exact) mass is 666 g/mol. The second-order valence-electron chi connectivity index (χ2n) is 12.5. The van der Waals surface area contributed by atoms with Crippen molar-refractivity contribution in [2.75, 3.05) is 17.8 Å². The lowest BCUT2D eigenvalue weighted by Crippen LogP contribution is -2.63. The van der Waals surface area contributed by atoms with Crippen LogP contribution in [-0.4, -0.2) is 97.9 Å². The van der Waals surface area contributed by atoms with E-state index in [9.17, 15) is 34.1 Å². The maximum absolute atomic E-state index is 13.5. The Morgan fingerprint density at radius 2 is 1.86 bits per heavy atom. The molecule has 0 radical (unpaired) electrons. The zero-order valence-electron chi connectivity index (χ0n) is 22.6. The van der Waals surface area contributed by atoms with Crippen molar-refractivity contribution in [3.8, 4) is 0 Å². The minimum absolute atomic E-state index is 0.0140. The summed E-state index contributed by atoms with van der Waals surface area (Å²) >= 11 is 6.17. The first-order valence-corrected chi connectivity index (χ1v) is 17.6. The summed E-state index contributed by atoms with van der Waals surface area (Å²) in [5, 5.41) is 34.7. The molecule has 20 heteroatoms. The van der Waals surface area contributed by atoms with Gasteiger partial charge in [-0.1, -0.05) is 0 Å². The Kier molecular flexibility index (Phi) is 7.85. The van der Waals surface area contributed by atoms with Crippen LogP contribution in [0.3, 0.4) is 0 Å². The summed E-state index contributed by atoms with van der Waals surface area (Å²) in [4.78, 5) is 53.6. The maximum atomic E-state index is 13.5. The fraction of sp³-hybridized carbons (Fsp3) is 0.739. The molecule has 4 aliphatic carbocycles. The molecule has 43 heavy (non-hydrogen) atoms. The van der Waals surface area contributed by atoms with E-state index in [0.29, 0.717) is 18.3 Å². The van der Waals surface area contributed by atoms with Crippen molar-refractivity contribution in [1.29, 1.82) is 0 Å². The van der Waals surface area contributed by atoms with Gasteiger partial charge in [0.05, 0.1) is 24.6 Å². The number of aliphatic hydroxyl groups is 3. The molecular weight excluding hydrogens is 634 g/mol. The van der Waals surface area contributed by atoms with Crippen LogP contribution < -0.4 is 11.1 Å². The molecule has 3 heterocycles. The van der Waals surface area contributed by atoms with Crippen molar-refractivity contribution >= 4 is 49.7 Å². The first kappa shape index (κ1) is 31.4. The molecule has 1 amide bonds. The Bertz CT molecular complexity index is 1520. The smallest absolute Gasteiger partial charge is 0.340 e. The highest BCUT2D eigenvalue weighted by Gasteiger charge is 2.60. The molecule has 4 saturated carbocycles. The van der Waals surface area contributed by atoms with Crippen molar-refractivity contribution < 1.29 is 53.2 Å². The van der Waals surface area contributed by atoms with Crippen LogP contribution in [-0.2, 0) is 23.2 Å². The normalized spacial score (nSPS) is 37.5. The number of amides is 1. The van der Waals surface area contributed by atoms with Crippen molar-refractivity contribution in [3.05, 3.63) is 11.6 Å². The Hall–Kier alpha value is -1.59. The molecule has 0 spiro atoms. The van der Waals surface area contributed by atoms with Gasteiger partial charge in [-0.2, -0.15) is 9.97 Å². The molecule has 2 aromatic rings. The van der Waals surface area contributed by atoms with Crippen molar-refractivity contribution in [1.82, 2.24) is 19.5 Å². The number of ether oxygens (including phenoxy) is 1. The van der Waals surface area contributed by atoms with Crippen molar-refractivity contribution in [3.63, 3.8) is 0 Å². The fourth-order valence-electron chi connectivity index (χ4n) is 7.84. The predicted octanol–water partition coefficient (Wildman–Crippen LogP) is 0.0332. The number of aromatic nitrogens is 4. The Labute approximate surface area is 249 Å². The number of anilines is 1. The van der Waals surface area contributed by atoms with Gasteiger partial charge >= 0.3 is 15.2 Å². The number of nitrogens with zero attached hydrogens (tertiary/aromatic N) is 4. The maximum Gasteiger partial charge on any atom is 0.340 e. The molecule has 7 rings (SSSR count). The lowest BCUT2D eigenvalue weighted by molar-refractivity contribution is -0.172. The summed E-state index contributed by atoms with van der Waals surface area (Å²) in [5.41, 5.74) is 5.28. The van der Waals surface area contributed by atoms with E-state index in [1.165, 1.54) is 10.9 Å². The van der Waals surface area contributed by atoms with Crippen molar-refractivity contribution in [2.45, 2.75) is 74.7 Å². The lowest BCUT2D eigenvalue weighted by Gasteiger charge is -2.61. The van der Waals surface area contributed by atoms with E-state index in [-0.39, 0.29) is 22.3 Å². The summed E-state index contributed by atoms with van der Waals surface area (Å²) in [5.74, 6) is -1.37. The average Bonchev–Trinajstić information content (AvgIpc) is 3.40. The summed E-state index contributed by atoms with van der Waals surface area (Å²) in [6.45, 7) is -0.775. The highest BCUT2D eigenvalue weighted by molar-refractivity contribution is 7.70. The van der Waals surface area contributed by atoms with Gasteiger partial charge in [0, 0.05) is 0 Å². The van der Waals surface area contributed by atoms with Crippen LogP contribution >= 0.6 is 26.8 Å². The molecule has 1 saturated heterocycles. The Morgan fingerprint density at radius 1 is 1.19 bits per heavy atom. The first-order chi connectivity index (χ1) is 20.0. The Morgan fingerprint density at radius 3 is 2.49 bits per heavy atom. The second-order valence-corrected chi connectivity index (χ2v) is 16.8. The van der Waals surface area contributed by atoms with Gasteiger partial charge in [0.15, 0.2) is 29.1 Å². The van der Waals surface area contributed by atoms with Crippen LogP contribution in [0.15, 0.2) is 6.33 Å². The number of fused-ring (bicyclic) bond motifs is 1. The number of nitrogens with one attached hydrogen (secondary N) is 1. The van der Waals surface area contributed by atoms with Crippen LogP contribution in [0.25, 0.3) is 11.2 Å². The molecule has 17 nitrogen and oxygen atoms in total. The average molecular weight is 667 g/mol. The van der Waals surface area contributed by atoms with Crippen LogP contribution in [0, 0.1) is 17.3 Å². The number of hydrogen-bond donors (Lipinski definition) is 8. The predicted molar refractivity (Wildman–Crippen MR) is 148 cm³/mol. The number of halogens is 1. The zero-order chi connectivity index (χ0) is 31.1. The van der Waals surface area contributed by atoms with Gasteiger partial charge in [0.2, 0.25) is 11.2 Å². The highest BCUT2D eigenvalue weighted by Crippen LogP contribution is 2.62. The summed E-state index contributed by atoms with van der Waals surface area (Å²) in [7, 11) is -9.62. The summed E-state index contributed by atoms with van der Waals surface area (Å²) in [6, 6.07) is -0.931. The van der Waals surface area contributed by atoms with Crippen LogP contribution in [0.2, 0.25) is 5.28 Å². The lowest BCUT2D eigenvalue weighted by atomic mass is 9.46. The molecule has 5 aliphatic rings. The third kappa shape index (κ3) is 6.03. The van der Waals surface area contributed by atoms with E-state index in [1.54, 1.807) is 0 Å². The topological polar surface area (TPSA) is 273 Å². The van der Waals surface area contributed by atoms with Crippen LogP contribution in [0.5, 0.6) is 0 Å². The van der Waals surface area contributed by atoms with E-state index in [0.717, 1.165) is 32.1 Å². The van der Waals surface area contributed by atoms with Gasteiger partial charge in [-0.15, -0.1) is 0 Å². The van der Waals surface area contributed by atoms with Crippen molar-refractivity contribution in [2.24, 2.45) is 23.0 Å². The van der Waals surface area contributed by atoms with E-state index in [4.69, 9.17) is 36.4 Å². The minimum atomic E-state index is -4.88. The van der Waals surface area contributed by atoms with E-state index in [1.807, 2.05) is 0 Å². The fourth-order valence-corrected chi connectivity index (χ4v) is 10.6. The van der Waals surface area contributed by atoms with Crippen LogP contribution in [0.4, 0.5) is 5.82 Å². The SMILES string of the molecule is NC(C(=O)Nc1nc(Cl)nc2c1ncn2[C@@H]1O[C@H](COP(=O)(O)CP(=O)(O)O)C(O)C1O)C12CC3CC(CC(O)(C3)C1)C2. The second kappa shape index (κ2) is 10.7. The molecule has 8 atom stereocenters. The standard InChI is InChI=1S/C23H33ClN6O11P2/c24-21-28-17(27-19(33)16(25)22-2-10-1-11(3-22)5-23(34,4-10)7-22)13-18(29-21)30(8-26-13)20-15(32)14(31)12(41-20)6-40-43(38,39)9-42(35,36)37/h8,10-12,14-16,20,31-32,34H,1-7,9,25H2,(H,38,39)(H2,35,36,37)(H,27,28,29,33)/t10?,11?,12-,14?,15?,16?,20-,22?,23?/m1/s1. The van der Waals surface area contributed by atoms with Crippen LogP contribution in [0.1, 0.15) is 44.8 Å². The van der Waals surface area contributed by atoms with Gasteiger partial charge in [-0.3, -0.25) is 18.5 Å². The number of aliphatic hydroxyl groups excluding tert-OH is 2. The molecule has 238 valence electrons. The quantitative estimate of drug-likeness (QED) is 0.130. The summed E-state index contributed by atoms with van der Waals surface area (Å²) < 4.78 is 34.7. The number of carbonyl (C=O) groups excluding carboxylic acids is 1. The van der Waals surface area contributed by atoms with Gasteiger partial charge < -0.3 is 50.3 Å². The van der Waals surface area contributed by atoms with Gasteiger partial charge in [-0.05, 0) is 67.4 Å². The largest absolute Gasteiger partial charge is 0.390 e. The first-order valence-electron chi connectivity index (χ1n) is 13.7. The summed E-state index contributed by atoms with van der Waals surface area (Å²) in [6.07, 6.45) is -0.340. The number of hydrogen-bond acceptors (Lipinski definition) is 12. The molecule has 9 N–H and O–H groups in total. The molecule has 6 unspecified atom stereocenters. The zero-order valence-corrected chi connectivity index (χ0v) is 25.2. The Balaban J connectivity index is 1.20. The third-order valence-corrected chi connectivity index (χ3v) is 12.7. The highest BCUT2D eigenvalue weighted by atomic mass is 35.5. The van der Waals surface area contributed by atoms with Gasteiger partial charge in [-0.25, -0.2) is 4.98 Å². The minimum Gasteiger partial charge on any atom is -0.390 e. The molecule has 1 aliphatic heterocycles. The number of rotatable bonds is 9. The molecule has 2 aromatic heterocycles. The van der Waals surface area contributed by atoms with Gasteiger partial charge in [0.1, 0.15) is 18.3 Å².